The lowest BCUT2D eigenvalue weighted by atomic mass is 9.88. The molecule has 5 nitrogen and oxygen atoms in total. The third-order valence-electron chi connectivity index (χ3n) is 8.03. The number of fused-ring (bicyclic) bond motifs is 2. The van der Waals surface area contributed by atoms with Crippen LogP contribution in [0.15, 0.2) is 39.2 Å². The molecule has 0 atom stereocenters. The fraction of sp³-hybridized carbons (Fsp3) is 0.500. The van der Waals surface area contributed by atoms with Gasteiger partial charge in [0, 0.05) is 48.9 Å². The van der Waals surface area contributed by atoms with Crippen molar-refractivity contribution in [3.63, 3.8) is 0 Å². The van der Waals surface area contributed by atoms with Crippen LogP contribution in [0.1, 0.15) is 54.5 Å². The van der Waals surface area contributed by atoms with Crippen LogP contribution in [0.5, 0.6) is 0 Å². The van der Waals surface area contributed by atoms with Gasteiger partial charge in [-0.3, -0.25) is 9.59 Å². The van der Waals surface area contributed by atoms with Crippen molar-refractivity contribution in [2.45, 2.75) is 44.9 Å². The predicted molar refractivity (Wildman–Crippen MR) is 145 cm³/mol. The van der Waals surface area contributed by atoms with Crippen molar-refractivity contribution in [3.8, 4) is 0 Å². The van der Waals surface area contributed by atoms with Crippen LogP contribution in [0.2, 0.25) is 5.02 Å². The number of likely N-dealkylation sites (tertiary alicyclic amines) is 2. The van der Waals surface area contributed by atoms with Gasteiger partial charge in [0.05, 0.1) is 10.2 Å². The van der Waals surface area contributed by atoms with Crippen LogP contribution in [0.3, 0.4) is 0 Å². The predicted octanol–water partition coefficient (Wildman–Crippen LogP) is 5.06. The zero-order chi connectivity index (χ0) is 24.7. The van der Waals surface area contributed by atoms with Crippen LogP contribution in [-0.4, -0.2) is 53.5 Å². The topological polar surface area (TPSA) is 45.6 Å². The first kappa shape index (κ1) is 24.8. The van der Waals surface area contributed by atoms with Gasteiger partial charge in [-0.2, -0.15) is 0 Å². The monoisotopic (exact) mass is 557 g/mol. The Bertz CT molecular complexity index is 1230. The van der Waals surface area contributed by atoms with Crippen molar-refractivity contribution in [3.05, 3.63) is 72.1 Å². The third-order valence-corrected chi connectivity index (χ3v) is 8.83. The average Bonchev–Trinajstić information content (AvgIpc) is 3.01. The maximum Gasteiger partial charge on any atom is 0.222 e. The number of hydrogen-bond acceptors (Lipinski definition) is 3. The van der Waals surface area contributed by atoms with E-state index in [2.05, 4.69) is 43.4 Å². The molecule has 186 valence electrons. The Labute approximate surface area is 220 Å². The average molecular weight is 559 g/mol. The first-order valence-corrected chi connectivity index (χ1v) is 13.8. The Balaban J connectivity index is 1.46. The van der Waals surface area contributed by atoms with Crippen LogP contribution in [0, 0.1) is 5.92 Å². The lowest BCUT2D eigenvalue weighted by Gasteiger charge is -2.33. The molecule has 0 bridgehead atoms. The number of nitrogens with zero attached hydrogens (tertiary/aromatic N) is 3. The molecule has 2 fully saturated rings. The highest BCUT2D eigenvalue weighted by Gasteiger charge is 2.29. The Morgan fingerprint density at radius 3 is 2.49 bits per heavy atom. The number of rotatable bonds is 2. The van der Waals surface area contributed by atoms with E-state index in [9.17, 15) is 9.59 Å². The summed E-state index contributed by atoms with van der Waals surface area (Å²) in [5.74, 6) is 0.810. The Hall–Kier alpha value is -1.89. The summed E-state index contributed by atoms with van der Waals surface area (Å²) in [6, 6.07) is 6.10. The van der Waals surface area contributed by atoms with E-state index in [4.69, 9.17) is 11.6 Å². The number of piperidine rings is 2. The van der Waals surface area contributed by atoms with E-state index in [0.29, 0.717) is 29.1 Å². The highest BCUT2D eigenvalue weighted by atomic mass is 79.9. The summed E-state index contributed by atoms with van der Waals surface area (Å²) in [4.78, 5) is 30.6. The number of carbonyl (C=O) groups is 1. The molecular formula is C28H33BrClN3O2. The van der Waals surface area contributed by atoms with Gasteiger partial charge < -0.3 is 14.4 Å². The minimum Gasteiger partial charge on any atom is -0.349 e. The summed E-state index contributed by atoms with van der Waals surface area (Å²) in [6.45, 7) is 3.66. The van der Waals surface area contributed by atoms with Gasteiger partial charge >= 0.3 is 0 Å². The smallest absolute Gasteiger partial charge is 0.222 e. The Kier molecular flexibility index (Phi) is 7.25. The quantitative estimate of drug-likeness (QED) is 0.518. The second-order valence-corrected chi connectivity index (χ2v) is 11.6. The van der Waals surface area contributed by atoms with E-state index < -0.39 is 0 Å². The van der Waals surface area contributed by atoms with Gasteiger partial charge in [-0.25, -0.2) is 0 Å². The van der Waals surface area contributed by atoms with Crippen LogP contribution in [0.4, 0.5) is 0 Å². The summed E-state index contributed by atoms with van der Waals surface area (Å²) in [7, 11) is 4.18. The van der Waals surface area contributed by atoms with Crippen molar-refractivity contribution < 1.29 is 4.79 Å². The van der Waals surface area contributed by atoms with E-state index in [0.717, 1.165) is 74.6 Å². The third kappa shape index (κ3) is 5.03. The lowest BCUT2D eigenvalue weighted by Crippen LogP contribution is -2.39. The van der Waals surface area contributed by atoms with Gasteiger partial charge in [0.1, 0.15) is 0 Å². The van der Waals surface area contributed by atoms with Crippen molar-refractivity contribution in [2.75, 3.05) is 33.2 Å². The molecule has 35 heavy (non-hydrogen) atoms. The number of halogens is 2. The van der Waals surface area contributed by atoms with E-state index in [1.165, 1.54) is 22.3 Å². The number of carbonyl (C=O) groups excluding carboxylic acids is 1. The van der Waals surface area contributed by atoms with Crippen molar-refractivity contribution in [1.29, 1.82) is 0 Å². The first-order valence-electron chi connectivity index (χ1n) is 12.7. The Morgan fingerprint density at radius 2 is 1.77 bits per heavy atom. The molecular weight excluding hydrogens is 526 g/mol. The summed E-state index contributed by atoms with van der Waals surface area (Å²) in [6.07, 6.45) is 7.92. The molecule has 1 aliphatic carbocycles. The zero-order valence-corrected chi connectivity index (χ0v) is 22.9. The second-order valence-electron chi connectivity index (χ2n) is 10.4. The normalized spacial score (nSPS) is 19.4. The maximum atomic E-state index is 13.2. The SMILES string of the molecule is CN1CCC(CC(=O)N2CCC(=C3c4ccc(Cl)cc4CCc4c3n(C)cc(Br)c4=O)CC2)CC1. The van der Waals surface area contributed by atoms with E-state index in [1.807, 2.05) is 25.4 Å². The number of pyridine rings is 1. The van der Waals surface area contributed by atoms with E-state index >= 15 is 0 Å². The van der Waals surface area contributed by atoms with Crippen LogP contribution >= 0.6 is 27.5 Å². The number of hydrogen-bond donors (Lipinski definition) is 0. The molecule has 1 aromatic heterocycles. The molecule has 0 unspecified atom stereocenters. The second kappa shape index (κ2) is 10.2. The van der Waals surface area contributed by atoms with Gasteiger partial charge in [-0.15, -0.1) is 0 Å². The molecule has 0 saturated carbocycles. The molecule has 3 aliphatic rings. The molecule has 7 heteroatoms. The molecule has 0 N–H and O–H groups in total. The zero-order valence-electron chi connectivity index (χ0n) is 20.6. The summed E-state index contributed by atoms with van der Waals surface area (Å²) < 4.78 is 2.69. The Morgan fingerprint density at radius 1 is 1.06 bits per heavy atom. The van der Waals surface area contributed by atoms with Gasteiger partial charge in [-0.05, 0) is 104 Å². The highest BCUT2D eigenvalue weighted by molar-refractivity contribution is 9.10. The van der Waals surface area contributed by atoms with Crippen LogP contribution in [-0.2, 0) is 24.7 Å². The number of benzene rings is 1. The summed E-state index contributed by atoms with van der Waals surface area (Å²) >= 11 is 9.83. The molecule has 5 rings (SSSR count). The minimum absolute atomic E-state index is 0.0702. The molecule has 0 spiro atoms. The molecule has 2 saturated heterocycles. The van der Waals surface area contributed by atoms with E-state index in [1.54, 1.807) is 0 Å². The van der Waals surface area contributed by atoms with Crippen LogP contribution < -0.4 is 5.43 Å². The van der Waals surface area contributed by atoms with Crippen molar-refractivity contribution in [2.24, 2.45) is 13.0 Å². The van der Waals surface area contributed by atoms with E-state index in [-0.39, 0.29) is 5.43 Å². The van der Waals surface area contributed by atoms with Crippen molar-refractivity contribution >= 4 is 39.0 Å². The molecule has 0 radical (unpaired) electrons. The number of amides is 1. The largest absolute Gasteiger partial charge is 0.349 e. The minimum atomic E-state index is 0.0702. The fourth-order valence-electron chi connectivity index (χ4n) is 5.99. The molecule has 2 aromatic rings. The summed E-state index contributed by atoms with van der Waals surface area (Å²) in [5, 5.41) is 0.723. The summed E-state index contributed by atoms with van der Waals surface area (Å²) in [5.41, 5.74) is 6.80. The maximum absolute atomic E-state index is 13.2. The number of aryl methyl sites for hydroxylation is 2. The molecule has 1 amide bonds. The van der Waals surface area contributed by atoms with Gasteiger partial charge in [0.15, 0.2) is 5.43 Å². The van der Waals surface area contributed by atoms with Crippen molar-refractivity contribution in [1.82, 2.24) is 14.4 Å². The fourth-order valence-corrected chi connectivity index (χ4v) is 6.73. The highest BCUT2D eigenvalue weighted by Crippen LogP contribution is 2.39. The van der Waals surface area contributed by atoms with Gasteiger partial charge in [0.25, 0.3) is 0 Å². The van der Waals surface area contributed by atoms with Gasteiger partial charge in [-0.1, -0.05) is 23.2 Å². The molecule has 2 aliphatic heterocycles. The molecule has 1 aromatic carbocycles. The molecule has 3 heterocycles. The first-order chi connectivity index (χ1) is 16.8. The standard InChI is InChI=1S/C28H33BrClN3O2/c1-31-11-7-18(8-12-31)15-25(34)33-13-9-19(10-14-33)26-22-6-4-21(30)16-20(22)3-5-23-27(26)32(2)17-24(29)28(23)35/h4,6,16-18H,3,5,7-15H2,1-2H3. The van der Waals surface area contributed by atoms with Crippen LogP contribution in [0.25, 0.3) is 5.57 Å². The lowest BCUT2D eigenvalue weighted by molar-refractivity contribution is -0.133. The van der Waals surface area contributed by atoms with Gasteiger partial charge in [0.2, 0.25) is 5.91 Å². The number of aromatic nitrogens is 1.